The van der Waals surface area contributed by atoms with Gasteiger partial charge in [-0.1, -0.05) is 66.9 Å². The monoisotopic (exact) mass is 286 g/mol. The third-order valence-corrected chi connectivity index (χ3v) is 4.64. The Labute approximate surface area is 125 Å². The summed E-state index contributed by atoms with van der Waals surface area (Å²) >= 11 is 6.11. The maximum absolute atomic E-state index is 11.3. The topological polar surface area (TPSA) is 20.2 Å². The highest BCUT2D eigenvalue weighted by Crippen LogP contribution is 2.47. The van der Waals surface area contributed by atoms with Gasteiger partial charge in [-0.2, -0.15) is 0 Å². The second kappa shape index (κ2) is 5.59. The molecule has 0 spiro atoms. The van der Waals surface area contributed by atoms with Crippen molar-refractivity contribution in [1.82, 2.24) is 0 Å². The Morgan fingerprint density at radius 3 is 2.55 bits per heavy atom. The lowest BCUT2D eigenvalue weighted by atomic mass is 9.69. The summed E-state index contributed by atoms with van der Waals surface area (Å²) < 4.78 is 0. The molecule has 104 valence electrons. The lowest BCUT2D eigenvalue weighted by Crippen LogP contribution is -2.36. The fourth-order valence-corrected chi connectivity index (χ4v) is 3.58. The van der Waals surface area contributed by atoms with Crippen LogP contribution in [0, 0.1) is 0 Å². The van der Waals surface area contributed by atoms with Gasteiger partial charge in [0.15, 0.2) is 0 Å². The van der Waals surface area contributed by atoms with Crippen LogP contribution >= 0.6 is 11.6 Å². The maximum atomic E-state index is 11.3. The molecule has 2 unspecified atom stereocenters. The molecular weight excluding hydrogens is 268 g/mol. The van der Waals surface area contributed by atoms with Crippen molar-refractivity contribution in [1.29, 1.82) is 0 Å². The molecule has 1 aliphatic carbocycles. The fourth-order valence-electron chi connectivity index (χ4n) is 3.39. The number of halogens is 1. The number of aliphatic hydroxyl groups is 1. The molecule has 0 amide bonds. The van der Waals surface area contributed by atoms with E-state index in [-0.39, 0.29) is 5.92 Å². The van der Waals surface area contributed by atoms with Crippen LogP contribution in [0.1, 0.15) is 42.7 Å². The summed E-state index contributed by atoms with van der Waals surface area (Å²) in [6.45, 7) is 0. The van der Waals surface area contributed by atoms with E-state index in [1.165, 1.54) is 12.0 Å². The summed E-state index contributed by atoms with van der Waals surface area (Å²) in [4.78, 5) is 0. The first-order chi connectivity index (χ1) is 9.70. The van der Waals surface area contributed by atoms with E-state index in [1.54, 1.807) is 0 Å². The Bertz CT molecular complexity index is 581. The molecule has 1 N–H and O–H groups in total. The van der Waals surface area contributed by atoms with E-state index in [4.69, 9.17) is 11.6 Å². The molecule has 0 bridgehead atoms. The van der Waals surface area contributed by atoms with E-state index in [0.29, 0.717) is 5.02 Å². The average Bonchev–Trinajstić information content (AvgIpc) is 2.49. The van der Waals surface area contributed by atoms with Gasteiger partial charge in [-0.3, -0.25) is 0 Å². The van der Waals surface area contributed by atoms with E-state index in [2.05, 4.69) is 12.1 Å². The second-order valence-corrected chi connectivity index (χ2v) is 6.08. The quantitative estimate of drug-likeness (QED) is 0.834. The van der Waals surface area contributed by atoms with Crippen molar-refractivity contribution in [3.8, 4) is 0 Å². The first kappa shape index (κ1) is 13.7. The van der Waals surface area contributed by atoms with Gasteiger partial charge >= 0.3 is 0 Å². The first-order valence-electron chi connectivity index (χ1n) is 7.23. The molecule has 2 atom stereocenters. The number of hydrogen-bond donors (Lipinski definition) is 1. The zero-order valence-electron chi connectivity index (χ0n) is 11.4. The second-order valence-electron chi connectivity index (χ2n) is 5.64. The van der Waals surface area contributed by atoms with Crippen molar-refractivity contribution >= 4 is 11.6 Å². The zero-order valence-corrected chi connectivity index (χ0v) is 12.2. The molecule has 0 aliphatic heterocycles. The summed E-state index contributed by atoms with van der Waals surface area (Å²) in [5.41, 5.74) is 1.36. The van der Waals surface area contributed by atoms with Crippen LogP contribution in [-0.4, -0.2) is 5.11 Å². The van der Waals surface area contributed by atoms with Crippen LogP contribution in [0.2, 0.25) is 5.02 Å². The van der Waals surface area contributed by atoms with Gasteiger partial charge < -0.3 is 5.11 Å². The van der Waals surface area contributed by atoms with Crippen LogP contribution in [0.3, 0.4) is 0 Å². The highest BCUT2D eigenvalue weighted by atomic mass is 35.5. The van der Waals surface area contributed by atoms with Crippen molar-refractivity contribution in [2.24, 2.45) is 0 Å². The van der Waals surface area contributed by atoms with Crippen molar-refractivity contribution in [3.63, 3.8) is 0 Å². The predicted molar refractivity (Wildman–Crippen MR) is 83.0 cm³/mol. The normalized spacial score (nSPS) is 26.4. The van der Waals surface area contributed by atoms with Crippen LogP contribution in [0.25, 0.3) is 0 Å². The summed E-state index contributed by atoms with van der Waals surface area (Å²) in [7, 11) is 0. The number of rotatable bonds is 2. The van der Waals surface area contributed by atoms with Crippen LogP contribution in [-0.2, 0) is 5.60 Å². The molecule has 2 heteroatoms. The fraction of sp³-hybridized carbons (Fsp3) is 0.333. The van der Waals surface area contributed by atoms with Gasteiger partial charge in [0.05, 0.1) is 5.60 Å². The third-order valence-electron chi connectivity index (χ3n) is 4.40. The van der Waals surface area contributed by atoms with E-state index in [1.807, 2.05) is 42.5 Å². The summed E-state index contributed by atoms with van der Waals surface area (Å²) in [5, 5.41) is 12.0. The average molecular weight is 287 g/mol. The molecule has 0 aromatic heterocycles. The van der Waals surface area contributed by atoms with E-state index < -0.39 is 5.60 Å². The van der Waals surface area contributed by atoms with Crippen LogP contribution < -0.4 is 0 Å². The van der Waals surface area contributed by atoms with Gasteiger partial charge in [0.2, 0.25) is 0 Å². The minimum absolute atomic E-state index is 0.149. The van der Waals surface area contributed by atoms with Gasteiger partial charge in [0.1, 0.15) is 0 Å². The molecule has 20 heavy (non-hydrogen) atoms. The Balaban J connectivity index is 2.04. The Hall–Kier alpha value is -1.31. The Kier molecular flexibility index (Phi) is 3.82. The van der Waals surface area contributed by atoms with Crippen molar-refractivity contribution in [2.75, 3.05) is 0 Å². The summed E-state index contributed by atoms with van der Waals surface area (Å²) in [5.74, 6) is 0.149. The predicted octanol–water partition coefficient (Wildman–Crippen LogP) is 4.89. The molecule has 0 heterocycles. The highest BCUT2D eigenvalue weighted by molar-refractivity contribution is 6.30. The largest absolute Gasteiger partial charge is 0.385 e. The molecule has 0 saturated heterocycles. The molecule has 3 rings (SSSR count). The molecule has 2 aromatic rings. The lowest BCUT2D eigenvalue weighted by molar-refractivity contribution is -0.0224. The first-order valence-corrected chi connectivity index (χ1v) is 7.61. The molecule has 0 radical (unpaired) electrons. The van der Waals surface area contributed by atoms with E-state index >= 15 is 0 Å². The SMILES string of the molecule is OC1(c2cccc(Cl)c2)CCCCC1c1ccccc1. The van der Waals surface area contributed by atoms with Crippen LogP contribution in [0.5, 0.6) is 0 Å². The lowest BCUT2D eigenvalue weighted by Gasteiger charge is -2.41. The van der Waals surface area contributed by atoms with Crippen molar-refractivity contribution in [2.45, 2.75) is 37.2 Å². The molecule has 1 aliphatic rings. The zero-order chi connectivity index (χ0) is 14.0. The molecular formula is C18H19ClO. The standard InChI is InChI=1S/C18H19ClO/c19-16-10-6-9-15(13-16)18(20)12-5-4-11-17(18)14-7-2-1-3-8-14/h1-3,6-10,13,17,20H,4-5,11-12H2. The molecule has 1 nitrogen and oxygen atoms in total. The van der Waals surface area contributed by atoms with E-state index in [0.717, 1.165) is 24.8 Å². The van der Waals surface area contributed by atoms with Gasteiger partial charge in [0.25, 0.3) is 0 Å². The molecule has 1 saturated carbocycles. The van der Waals surface area contributed by atoms with Crippen molar-refractivity contribution < 1.29 is 5.11 Å². The van der Waals surface area contributed by atoms with Gasteiger partial charge in [-0.15, -0.1) is 0 Å². The van der Waals surface area contributed by atoms with E-state index in [9.17, 15) is 5.11 Å². The Morgan fingerprint density at radius 2 is 1.80 bits per heavy atom. The highest BCUT2D eigenvalue weighted by Gasteiger charge is 2.41. The van der Waals surface area contributed by atoms with Crippen LogP contribution in [0.15, 0.2) is 54.6 Å². The minimum Gasteiger partial charge on any atom is -0.385 e. The number of hydrogen-bond acceptors (Lipinski definition) is 1. The maximum Gasteiger partial charge on any atom is 0.0965 e. The summed E-state index contributed by atoms with van der Waals surface area (Å²) in [6, 6.07) is 18.0. The van der Waals surface area contributed by atoms with Gasteiger partial charge in [-0.25, -0.2) is 0 Å². The minimum atomic E-state index is -0.801. The van der Waals surface area contributed by atoms with Crippen molar-refractivity contribution in [3.05, 3.63) is 70.7 Å². The van der Waals surface area contributed by atoms with Gasteiger partial charge in [0, 0.05) is 10.9 Å². The molecule has 2 aromatic carbocycles. The Morgan fingerprint density at radius 1 is 1.00 bits per heavy atom. The smallest absolute Gasteiger partial charge is 0.0965 e. The number of benzene rings is 2. The van der Waals surface area contributed by atoms with Gasteiger partial charge in [-0.05, 0) is 36.1 Å². The molecule has 1 fully saturated rings. The third kappa shape index (κ3) is 2.48. The van der Waals surface area contributed by atoms with Crippen LogP contribution in [0.4, 0.5) is 0 Å². The summed E-state index contributed by atoms with van der Waals surface area (Å²) in [6.07, 6.45) is 4.05.